The minimum absolute atomic E-state index is 0.0463. The van der Waals surface area contributed by atoms with Gasteiger partial charge in [0.05, 0.1) is 11.1 Å². The Labute approximate surface area is 107 Å². The van der Waals surface area contributed by atoms with E-state index in [1.807, 2.05) is 0 Å². The van der Waals surface area contributed by atoms with E-state index in [1.54, 1.807) is 6.92 Å². The van der Waals surface area contributed by atoms with Crippen molar-refractivity contribution in [3.8, 4) is 11.6 Å². The number of nitro benzene ring substituents is 1. The van der Waals surface area contributed by atoms with Crippen LogP contribution < -0.4 is 10.5 Å². The van der Waals surface area contributed by atoms with E-state index in [-0.39, 0.29) is 23.3 Å². The number of rotatable bonds is 3. The van der Waals surface area contributed by atoms with Crippen LogP contribution in [0.5, 0.6) is 11.6 Å². The maximum atomic E-state index is 13.3. The quantitative estimate of drug-likeness (QED) is 0.673. The van der Waals surface area contributed by atoms with Gasteiger partial charge in [-0.3, -0.25) is 10.1 Å². The normalized spacial score (nSPS) is 10.2. The average molecular weight is 264 g/mol. The molecule has 0 aliphatic rings. The number of halogens is 1. The van der Waals surface area contributed by atoms with Gasteiger partial charge in [0.25, 0.3) is 11.6 Å². The summed E-state index contributed by atoms with van der Waals surface area (Å²) in [6, 6.07) is 4.03. The molecule has 0 radical (unpaired) electrons. The number of benzene rings is 1. The summed E-state index contributed by atoms with van der Waals surface area (Å²) in [5, 5.41) is 10.7. The first-order valence-corrected chi connectivity index (χ1v) is 5.18. The maximum absolute atomic E-state index is 13.3. The molecule has 1 aromatic carbocycles. The van der Waals surface area contributed by atoms with Crippen LogP contribution in [0.1, 0.15) is 5.56 Å². The fraction of sp³-hybridized carbons (Fsp3) is 0.0909. The second-order valence-electron chi connectivity index (χ2n) is 3.69. The summed E-state index contributed by atoms with van der Waals surface area (Å²) in [4.78, 5) is 17.2. The first kappa shape index (κ1) is 12.7. The number of nitro groups is 1. The van der Waals surface area contributed by atoms with Gasteiger partial charge < -0.3 is 10.5 Å². The molecule has 0 unspecified atom stereocenters. The SMILES string of the molecule is Cc1cc(Oc2nc(N)ncc2F)ccc1[N+](=O)[O-]. The molecule has 2 N–H and O–H groups in total. The fourth-order valence-corrected chi connectivity index (χ4v) is 1.44. The molecule has 7 nitrogen and oxygen atoms in total. The number of nitrogens with two attached hydrogens (primary N) is 1. The van der Waals surface area contributed by atoms with E-state index in [2.05, 4.69) is 9.97 Å². The molecule has 98 valence electrons. The molecule has 0 saturated carbocycles. The van der Waals surface area contributed by atoms with E-state index in [0.29, 0.717) is 5.56 Å². The highest BCUT2D eigenvalue weighted by Crippen LogP contribution is 2.27. The fourth-order valence-electron chi connectivity index (χ4n) is 1.44. The number of aryl methyl sites for hydroxylation is 1. The van der Waals surface area contributed by atoms with Gasteiger partial charge in [-0.25, -0.2) is 4.98 Å². The van der Waals surface area contributed by atoms with Crippen LogP contribution in [0.25, 0.3) is 0 Å². The summed E-state index contributed by atoms with van der Waals surface area (Å²) in [5.74, 6) is -1.01. The van der Waals surface area contributed by atoms with E-state index in [0.717, 1.165) is 6.20 Å². The Hall–Kier alpha value is -2.77. The number of nitrogen functional groups attached to an aromatic ring is 1. The Bertz CT molecular complexity index is 648. The molecule has 0 aliphatic carbocycles. The van der Waals surface area contributed by atoms with Gasteiger partial charge in [-0.15, -0.1) is 0 Å². The Kier molecular flexibility index (Phi) is 3.23. The molecule has 19 heavy (non-hydrogen) atoms. The Balaban J connectivity index is 2.31. The lowest BCUT2D eigenvalue weighted by atomic mass is 10.2. The molecule has 0 saturated heterocycles. The lowest BCUT2D eigenvalue weighted by Crippen LogP contribution is -2.00. The third-order valence-electron chi connectivity index (χ3n) is 2.31. The topological polar surface area (TPSA) is 104 Å². The molecular formula is C11H9FN4O3. The Morgan fingerprint density at radius 3 is 2.84 bits per heavy atom. The molecule has 0 spiro atoms. The molecule has 8 heteroatoms. The molecule has 0 aliphatic heterocycles. The molecule has 1 aromatic heterocycles. The van der Waals surface area contributed by atoms with Gasteiger partial charge in [0.1, 0.15) is 5.75 Å². The third-order valence-corrected chi connectivity index (χ3v) is 2.31. The summed E-state index contributed by atoms with van der Waals surface area (Å²) in [6.45, 7) is 1.55. The Morgan fingerprint density at radius 2 is 2.21 bits per heavy atom. The summed E-state index contributed by atoms with van der Waals surface area (Å²) < 4.78 is 18.5. The van der Waals surface area contributed by atoms with Crippen LogP contribution in [-0.4, -0.2) is 14.9 Å². The predicted octanol–water partition coefficient (Wildman–Crippen LogP) is 2.21. The van der Waals surface area contributed by atoms with E-state index in [4.69, 9.17) is 10.5 Å². The molecule has 2 aromatic rings. The van der Waals surface area contributed by atoms with Crippen molar-refractivity contribution in [2.24, 2.45) is 0 Å². The van der Waals surface area contributed by atoms with Gasteiger partial charge in [-0.2, -0.15) is 9.37 Å². The first-order chi connectivity index (χ1) is 8.97. The zero-order valence-corrected chi connectivity index (χ0v) is 9.83. The molecule has 0 fully saturated rings. The van der Waals surface area contributed by atoms with Gasteiger partial charge in [0.2, 0.25) is 11.8 Å². The van der Waals surface area contributed by atoms with E-state index < -0.39 is 10.7 Å². The highest BCUT2D eigenvalue weighted by molar-refractivity contribution is 5.45. The second kappa shape index (κ2) is 4.84. The van der Waals surface area contributed by atoms with Gasteiger partial charge in [0, 0.05) is 11.6 Å². The van der Waals surface area contributed by atoms with E-state index in [9.17, 15) is 14.5 Å². The third kappa shape index (κ3) is 2.73. The van der Waals surface area contributed by atoms with Gasteiger partial charge >= 0.3 is 0 Å². The molecular weight excluding hydrogens is 255 g/mol. The lowest BCUT2D eigenvalue weighted by Gasteiger charge is -2.06. The molecule has 1 heterocycles. The first-order valence-electron chi connectivity index (χ1n) is 5.18. The van der Waals surface area contributed by atoms with Crippen molar-refractivity contribution in [2.75, 3.05) is 5.73 Å². The highest BCUT2D eigenvalue weighted by Gasteiger charge is 2.13. The Morgan fingerprint density at radius 1 is 1.47 bits per heavy atom. The minimum Gasteiger partial charge on any atom is -0.436 e. The number of aromatic nitrogens is 2. The van der Waals surface area contributed by atoms with Crippen molar-refractivity contribution in [3.05, 3.63) is 45.9 Å². The van der Waals surface area contributed by atoms with Crippen molar-refractivity contribution in [1.29, 1.82) is 0 Å². The number of hydrogen-bond donors (Lipinski definition) is 1. The van der Waals surface area contributed by atoms with Gasteiger partial charge in [0.15, 0.2) is 0 Å². The summed E-state index contributed by atoms with van der Waals surface area (Å²) in [5.41, 5.74) is 5.66. The number of hydrogen-bond acceptors (Lipinski definition) is 6. The zero-order valence-electron chi connectivity index (χ0n) is 9.83. The summed E-state index contributed by atoms with van der Waals surface area (Å²) in [7, 11) is 0. The van der Waals surface area contributed by atoms with Crippen LogP contribution in [0.4, 0.5) is 16.0 Å². The molecule has 0 amide bonds. The predicted molar refractivity (Wildman–Crippen MR) is 64.3 cm³/mol. The second-order valence-corrected chi connectivity index (χ2v) is 3.69. The van der Waals surface area contributed by atoms with Crippen molar-refractivity contribution >= 4 is 11.6 Å². The minimum atomic E-state index is -0.773. The number of nitrogens with zero attached hydrogens (tertiary/aromatic N) is 3. The van der Waals surface area contributed by atoms with Crippen LogP contribution in [0.15, 0.2) is 24.4 Å². The average Bonchev–Trinajstić information content (AvgIpc) is 2.33. The van der Waals surface area contributed by atoms with Crippen LogP contribution in [-0.2, 0) is 0 Å². The number of ether oxygens (including phenoxy) is 1. The molecule has 0 bridgehead atoms. The van der Waals surface area contributed by atoms with Gasteiger partial charge in [-0.1, -0.05) is 0 Å². The smallest absolute Gasteiger partial charge is 0.272 e. The van der Waals surface area contributed by atoms with Gasteiger partial charge in [-0.05, 0) is 19.1 Å². The summed E-state index contributed by atoms with van der Waals surface area (Å²) in [6.07, 6.45) is 0.885. The standard InChI is InChI=1S/C11H9FN4O3/c1-6-4-7(2-3-9(6)16(17)18)19-10-8(12)5-14-11(13)15-10/h2-5H,1H3,(H2,13,14,15). The lowest BCUT2D eigenvalue weighted by molar-refractivity contribution is -0.385. The number of anilines is 1. The van der Waals surface area contributed by atoms with Crippen molar-refractivity contribution in [1.82, 2.24) is 9.97 Å². The van der Waals surface area contributed by atoms with Crippen molar-refractivity contribution in [3.63, 3.8) is 0 Å². The highest BCUT2D eigenvalue weighted by atomic mass is 19.1. The molecule has 0 atom stereocenters. The van der Waals surface area contributed by atoms with Crippen molar-refractivity contribution < 1.29 is 14.1 Å². The van der Waals surface area contributed by atoms with Crippen LogP contribution in [0.3, 0.4) is 0 Å². The zero-order chi connectivity index (χ0) is 14.0. The van der Waals surface area contributed by atoms with Crippen LogP contribution in [0.2, 0.25) is 0 Å². The van der Waals surface area contributed by atoms with E-state index in [1.165, 1.54) is 18.2 Å². The largest absolute Gasteiger partial charge is 0.436 e. The van der Waals surface area contributed by atoms with Crippen LogP contribution in [0, 0.1) is 22.9 Å². The van der Waals surface area contributed by atoms with Crippen LogP contribution >= 0.6 is 0 Å². The summed E-state index contributed by atoms with van der Waals surface area (Å²) >= 11 is 0. The van der Waals surface area contributed by atoms with Crippen molar-refractivity contribution in [2.45, 2.75) is 6.92 Å². The molecule has 2 rings (SSSR count). The maximum Gasteiger partial charge on any atom is 0.272 e. The monoisotopic (exact) mass is 264 g/mol. The van der Waals surface area contributed by atoms with E-state index >= 15 is 0 Å².